The summed E-state index contributed by atoms with van der Waals surface area (Å²) in [6.45, 7) is 7.15. The molecule has 0 fully saturated rings. The number of amides is 4. The van der Waals surface area contributed by atoms with E-state index in [2.05, 4.69) is 59.8 Å². The van der Waals surface area contributed by atoms with Crippen LogP contribution < -0.4 is 21.7 Å². The lowest BCUT2D eigenvalue weighted by molar-refractivity contribution is -0.121. The predicted molar refractivity (Wildman–Crippen MR) is 178 cm³/mol. The molecule has 1 unspecified atom stereocenters. The molecule has 5 N–H and O–H groups in total. The van der Waals surface area contributed by atoms with Crippen LogP contribution in [0.5, 0.6) is 0 Å². The maximum Gasteiger partial charge on any atom is 0.219 e. The fourth-order valence-electron chi connectivity index (χ4n) is 3.97. The van der Waals surface area contributed by atoms with Gasteiger partial charge < -0.3 is 21.7 Å². The molecule has 246 valence electrons. The third kappa shape index (κ3) is 44.4. The van der Waals surface area contributed by atoms with E-state index >= 15 is 0 Å². The average Bonchev–Trinajstić information content (AvgIpc) is 2.95. The highest BCUT2D eigenvalue weighted by atomic mass is 16.2. The minimum atomic E-state index is -0.333. The van der Waals surface area contributed by atoms with Gasteiger partial charge in [0.15, 0.2) is 0 Å². The summed E-state index contributed by atoms with van der Waals surface area (Å²) in [5.74, 6) is 0.0131. The van der Waals surface area contributed by atoms with Gasteiger partial charge >= 0.3 is 0 Å². The zero-order chi connectivity index (χ0) is 32.3. The predicted octanol–water partition coefficient (Wildman–Crippen LogP) is 7.03. The van der Waals surface area contributed by atoms with Crippen LogP contribution in [-0.2, 0) is 19.2 Å². The molecule has 0 aromatic carbocycles. The minimum absolute atomic E-state index is 0.0308. The highest BCUT2D eigenvalue weighted by Gasteiger charge is 2.02. The minimum Gasteiger partial charge on any atom is -0.370 e. The Morgan fingerprint density at radius 1 is 0.619 bits per heavy atom. The molecule has 0 aliphatic rings. The molecule has 0 saturated heterocycles. The molecule has 0 radical (unpaired) electrons. The van der Waals surface area contributed by atoms with Gasteiger partial charge in [-0.3, -0.25) is 19.2 Å². The number of allylic oxidation sites excluding steroid dienone is 3. The third-order valence-corrected chi connectivity index (χ3v) is 6.43. The first-order valence-electron chi connectivity index (χ1n) is 16.4. The van der Waals surface area contributed by atoms with Crippen molar-refractivity contribution < 1.29 is 19.2 Å². The number of carbonyl (C=O) groups is 4. The standard InChI is InChI=1S/C17H32N2O2.C15H29NO.C2H5NO/c1-4-16(19-15(2)20)13-11-9-7-5-6-8-10-12-14-17(21)18-3;1-3-4-5-6-7-8-9-10-11-12-13-14-15(17)16-2;1-2(3)4/h11,13,16H,4-10,12,14H2,1-3H3,(H,18,21)(H,19,20);5-6H,3-4,7-14H2,1-2H3,(H,16,17);1H3,(H2,3,4)/b13-11+;6-5+;. The number of hydrogen-bond acceptors (Lipinski definition) is 4. The lowest BCUT2D eigenvalue weighted by Crippen LogP contribution is -2.30. The fraction of sp³-hybridized carbons (Fsp3) is 0.765. The molecule has 42 heavy (non-hydrogen) atoms. The molecule has 0 heterocycles. The van der Waals surface area contributed by atoms with Crippen LogP contribution in [0.4, 0.5) is 0 Å². The number of nitrogens with two attached hydrogens (primary N) is 1. The van der Waals surface area contributed by atoms with Crippen molar-refractivity contribution in [1.82, 2.24) is 16.0 Å². The van der Waals surface area contributed by atoms with Gasteiger partial charge in [0.05, 0.1) is 0 Å². The summed E-state index contributed by atoms with van der Waals surface area (Å²) in [5.41, 5.74) is 4.47. The van der Waals surface area contributed by atoms with Gasteiger partial charge in [0.1, 0.15) is 0 Å². The zero-order valence-electron chi connectivity index (χ0n) is 28.0. The Hall–Kier alpha value is -2.64. The number of unbranched alkanes of at least 4 members (excludes halogenated alkanes) is 13. The van der Waals surface area contributed by atoms with Crippen LogP contribution in [-0.4, -0.2) is 43.8 Å². The fourth-order valence-corrected chi connectivity index (χ4v) is 3.97. The van der Waals surface area contributed by atoms with E-state index in [0.717, 1.165) is 32.1 Å². The molecule has 0 rings (SSSR count). The van der Waals surface area contributed by atoms with Gasteiger partial charge in [0.25, 0.3) is 0 Å². The Bertz CT molecular complexity index is 704. The topological polar surface area (TPSA) is 130 Å². The van der Waals surface area contributed by atoms with Crippen molar-refractivity contribution in [2.24, 2.45) is 5.73 Å². The Morgan fingerprint density at radius 2 is 1.00 bits per heavy atom. The first-order chi connectivity index (χ1) is 20.1. The monoisotopic (exact) mass is 595 g/mol. The van der Waals surface area contributed by atoms with Crippen LogP contribution >= 0.6 is 0 Å². The molecule has 1 atom stereocenters. The highest BCUT2D eigenvalue weighted by molar-refractivity contribution is 5.75. The maximum absolute atomic E-state index is 11.0. The van der Waals surface area contributed by atoms with E-state index in [-0.39, 0.29) is 29.7 Å². The average molecular weight is 595 g/mol. The van der Waals surface area contributed by atoms with E-state index in [1.54, 1.807) is 21.0 Å². The number of hydrogen-bond donors (Lipinski definition) is 4. The van der Waals surface area contributed by atoms with E-state index in [4.69, 9.17) is 0 Å². The normalized spacial score (nSPS) is 11.2. The first-order valence-corrected chi connectivity index (χ1v) is 16.4. The second kappa shape index (κ2) is 36.4. The molecular formula is C34H66N4O4. The van der Waals surface area contributed by atoms with Crippen molar-refractivity contribution in [2.75, 3.05) is 14.1 Å². The molecule has 0 aliphatic carbocycles. The van der Waals surface area contributed by atoms with Crippen LogP contribution in [0.3, 0.4) is 0 Å². The maximum atomic E-state index is 11.0. The van der Waals surface area contributed by atoms with Gasteiger partial charge in [-0.25, -0.2) is 0 Å². The number of carbonyl (C=O) groups excluding carboxylic acids is 4. The second-order valence-corrected chi connectivity index (χ2v) is 10.7. The van der Waals surface area contributed by atoms with Crippen LogP contribution in [0.1, 0.15) is 150 Å². The van der Waals surface area contributed by atoms with E-state index in [0.29, 0.717) is 12.8 Å². The lowest BCUT2D eigenvalue weighted by atomic mass is 10.1. The van der Waals surface area contributed by atoms with Crippen molar-refractivity contribution in [3.63, 3.8) is 0 Å². The zero-order valence-corrected chi connectivity index (χ0v) is 28.0. The summed E-state index contributed by atoms with van der Waals surface area (Å²) in [6.07, 6.45) is 30.4. The largest absolute Gasteiger partial charge is 0.370 e. The number of nitrogens with one attached hydrogen (secondary N) is 3. The van der Waals surface area contributed by atoms with Crippen molar-refractivity contribution in [3.8, 4) is 0 Å². The quantitative estimate of drug-likeness (QED) is 0.0747. The Morgan fingerprint density at radius 3 is 1.38 bits per heavy atom. The molecular weight excluding hydrogens is 528 g/mol. The SMILES string of the molecule is CC(N)=O.CCC(/C=C/CCCCCCCCC(=O)NC)NC(C)=O.CCC/C=C/CCCCCCCCC(=O)NC. The number of rotatable bonds is 23. The smallest absolute Gasteiger partial charge is 0.219 e. The molecule has 0 spiro atoms. The van der Waals surface area contributed by atoms with Gasteiger partial charge in [-0.1, -0.05) is 95.9 Å². The molecule has 0 aromatic rings. The Labute approximate surface area is 258 Å². The highest BCUT2D eigenvalue weighted by Crippen LogP contribution is 2.10. The van der Waals surface area contributed by atoms with Gasteiger partial charge in [-0.15, -0.1) is 0 Å². The summed E-state index contributed by atoms with van der Waals surface area (Å²) in [7, 11) is 3.39. The van der Waals surface area contributed by atoms with Crippen molar-refractivity contribution in [1.29, 1.82) is 0 Å². The Kier molecular flexibility index (Phi) is 38.0. The van der Waals surface area contributed by atoms with Gasteiger partial charge in [-0.05, 0) is 51.4 Å². The van der Waals surface area contributed by atoms with Crippen molar-refractivity contribution >= 4 is 23.6 Å². The summed E-state index contributed by atoms with van der Waals surface area (Å²) < 4.78 is 0. The van der Waals surface area contributed by atoms with Gasteiger partial charge in [-0.2, -0.15) is 0 Å². The molecule has 4 amide bonds. The third-order valence-electron chi connectivity index (χ3n) is 6.43. The summed E-state index contributed by atoms with van der Waals surface area (Å²) in [5, 5.41) is 8.21. The summed E-state index contributed by atoms with van der Waals surface area (Å²) in [4.78, 5) is 42.2. The molecule has 8 heteroatoms. The molecule has 0 aromatic heterocycles. The van der Waals surface area contributed by atoms with E-state index in [1.165, 1.54) is 84.0 Å². The summed E-state index contributed by atoms with van der Waals surface area (Å²) in [6, 6.07) is 0.173. The van der Waals surface area contributed by atoms with E-state index in [9.17, 15) is 19.2 Å². The molecule has 8 nitrogen and oxygen atoms in total. The van der Waals surface area contributed by atoms with Gasteiger partial charge in [0.2, 0.25) is 23.6 Å². The first kappa shape index (κ1) is 43.8. The van der Waals surface area contributed by atoms with Crippen LogP contribution in [0.25, 0.3) is 0 Å². The molecule has 0 saturated carbocycles. The molecule has 0 bridgehead atoms. The number of primary amides is 1. The van der Waals surface area contributed by atoms with Crippen LogP contribution in [0.15, 0.2) is 24.3 Å². The molecule has 0 aliphatic heterocycles. The van der Waals surface area contributed by atoms with Crippen molar-refractivity contribution in [2.45, 2.75) is 156 Å². The summed E-state index contributed by atoms with van der Waals surface area (Å²) >= 11 is 0. The lowest BCUT2D eigenvalue weighted by Gasteiger charge is -2.10. The van der Waals surface area contributed by atoms with E-state index < -0.39 is 0 Å². The second-order valence-electron chi connectivity index (χ2n) is 10.7. The van der Waals surface area contributed by atoms with Crippen molar-refractivity contribution in [3.05, 3.63) is 24.3 Å². The van der Waals surface area contributed by atoms with Crippen LogP contribution in [0.2, 0.25) is 0 Å². The van der Waals surface area contributed by atoms with E-state index in [1.807, 2.05) is 0 Å². The van der Waals surface area contributed by atoms with Crippen LogP contribution in [0, 0.1) is 0 Å². The Balaban J connectivity index is -0.000000652. The van der Waals surface area contributed by atoms with Gasteiger partial charge in [0, 0.05) is 46.8 Å².